The van der Waals surface area contributed by atoms with E-state index in [0.717, 1.165) is 35.6 Å². The van der Waals surface area contributed by atoms with Crippen molar-refractivity contribution in [1.82, 2.24) is 9.78 Å². The predicted molar refractivity (Wildman–Crippen MR) is 78.6 cm³/mol. The van der Waals surface area contributed by atoms with Crippen LogP contribution in [0, 0.1) is 0 Å². The number of aryl methyl sites for hydroxylation is 1. The van der Waals surface area contributed by atoms with Gasteiger partial charge in [-0.3, -0.25) is 9.48 Å². The number of amides is 1. The molecule has 0 fully saturated rings. The predicted octanol–water partition coefficient (Wildman–Crippen LogP) is 1.15. The molecule has 1 amide bonds. The zero-order valence-electron chi connectivity index (χ0n) is 11.3. The summed E-state index contributed by atoms with van der Waals surface area (Å²) < 4.78 is 1.86. The molecule has 3 rings (SSSR count). The molecular weight excluding hydrogens is 254 g/mol. The summed E-state index contributed by atoms with van der Waals surface area (Å²) in [6.45, 7) is 0.760. The number of fused-ring (bicyclic) bond motifs is 1. The van der Waals surface area contributed by atoms with Gasteiger partial charge in [-0.25, -0.2) is 0 Å². The summed E-state index contributed by atoms with van der Waals surface area (Å²) >= 11 is 0. The average molecular weight is 271 g/mol. The van der Waals surface area contributed by atoms with E-state index in [0.29, 0.717) is 12.1 Å². The Morgan fingerprint density at radius 3 is 3.10 bits per heavy atom. The molecule has 104 valence electrons. The fourth-order valence-corrected chi connectivity index (χ4v) is 2.42. The molecule has 0 unspecified atom stereocenters. The molecule has 6 heteroatoms. The van der Waals surface area contributed by atoms with Crippen LogP contribution in [0.3, 0.4) is 0 Å². The Labute approximate surface area is 117 Å². The lowest BCUT2D eigenvalue weighted by Crippen LogP contribution is -2.10. The first-order chi connectivity index (χ1) is 9.63. The molecule has 0 atom stereocenters. The van der Waals surface area contributed by atoms with E-state index in [2.05, 4.69) is 15.7 Å². The van der Waals surface area contributed by atoms with Gasteiger partial charge < -0.3 is 16.4 Å². The van der Waals surface area contributed by atoms with Crippen molar-refractivity contribution >= 4 is 23.0 Å². The quantitative estimate of drug-likeness (QED) is 0.728. The topological polar surface area (TPSA) is 85.0 Å². The molecule has 20 heavy (non-hydrogen) atoms. The van der Waals surface area contributed by atoms with Gasteiger partial charge in [-0.1, -0.05) is 0 Å². The van der Waals surface area contributed by atoms with Crippen LogP contribution in [0.1, 0.15) is 11.3 Å². The van der Waals surface area contributed by atoms with Gasteiger partial charge in [0.15, 0.2) is 0 Å². The van der Waals surface area contributed by atoms with Crippen LogP contribution >= 0.6 is 0 Å². The lowest BCUT2D eigenvalue weighted by molar-refractivity contribution is -0.115. The van der Waals surface area contributed by atoms with E-state index in [-0.39, 0.29) is 5.91 Å². The molecule has 2 heterocycles. The molecule has 0 spiro atoms. The summed E-state index contributed by atoms with van der Waals surface area (Å²) in [5.74, 6) is 0.0198. The first-order valence-electron chi connectivity index (χ1n) is 6.56. The SMILES string of the molecule is Cn1nccc1CCNc1cc2c(cc1N)CC(=O)N2. The lowest BCUT2D eigenvalue weighted by atomic mass is 10.1. The molecule has 2 aromatic rings. The van der Waals surface area contributed by atoms with Gasteiger partial charge >= 0.3 is 0 Å². The van der Waals surface area contributed by atoms with Gasteiger partial charge in [0.05, 0.1) is 17.8 Å². The van der Waals surface area contributed by atoms with Crippen molar-refractivity contribution in [2.45, 2.75) is 12.8 Å². The minimum absolute atomic E-state index is 0.0198. The van der Waals surface area contributed by atoms with Gasteiger partial charge in [-0.2, -0.15) is 5.10 Å². The summed E-state index contributed by atoms with van der Waals surface area (Å²) in [4.78, 5) is 11.3. The van der Waals surface area contributed by atoms with Crippen LogP contribution in [0.4, 0.5) is 17.1 Å². The van der Waals surface area contributed by atoms with Gasteiger partial charge in [0.25, 0.3) is 0 Å². The number of carbonyl (C=O) groups excluding carboxylic acids is 1. The fraction of sp³-hybridized carbons (Fsp3) is 0.286. The number of nitrogens with one attached hydrogen (secondary N) is 2. The van der Waals surface area contributed by atoms with Gasteiger partial charge in [-0.15, -0.1) is 0 Å². The maximum Gasteiger partial charge on any atom is 0.228 e. The maximum atomic E-state index is 11.3. The highest BCUT2D eigenvalue weighted by atomic mass is 16.1. The molecule has 1 aliphatic heterocycles. The van der Waals surface area contributed by atoms with Crippen molar-refractivity contribution in [2.75, 3.05) is 22.9 Å². The number of benzene rings is 1. The number of carbonyl (C=O) groups is 1. The maximum absolute atomic E-state index is 11.3. The van der Waals surface area contributed by atoms with Crippen LogP contribution in [0.2, 0.25) is 0 Å². The number of anilines is 3. The zero-order valence-corrected chi connectivity index (χ0v) is 11.3. The number of nitrogen functional groups attached to an aromatic ring is 1. The van der Waals surface area contributed by atoms with Gasteiger partial charge in [0.2, 0.25) is 5.91 Å². The lowest BCUT2D eigenvalue weighted by Gasteiger charge is -2.11. The standard InChI is InChI=1S/C14H17N5O/c1-19-10(3-5-17-19)2-4-16-13-8-12-9(6-11(13)15)7-14(20)18-12/h3,5-6,8,16H,2,4,7,15H2,1H3,(H,18,20). The van der Waals surface area contributed by atoms with Crippen molar-refractivity contribution in [3.05, 3.63) is 35.7 Å². The van der Waals surface area contributed by atoms with E-state index in [1.54, 1.807) is 6.20 Å². The summed E-state index contributed by atoms with van der Waals surface area (Å²) in [7, 11) is 1.93. The minimum atomic E-state index is 0.0198. The highest BCUT2D eigenvalue weighted by Gasteiger charge is 2.19. The van der Waals surface area contributed by atoms with Gasteiger partial charge in [0, 0.05) is 37.6 Å². The molecular formula is C14H17N5O. The third-order valence-electron chi connectivity index (χ3n) is 3.52. The van der Waals surface area contributed by atoms with Gasteiger partial charge in [0.1, 0.15) is 0 Å². The number of aromatic nitrogens is 2. The molecule has 0 aliphatic carbocycles. The highest BCUT2D eigenvalue weighted by molar-refractivity contribution is 6.00. The summed E-state index contributed by atoms with van der Waals surface area (Å²) in [5.41, 5.74) is 10.5. The Kier molecular flexibility index (Phi) is 3.06. The zero-order chi connectivity index (χ0) is 14.1. The molecule has 1 aliphatic rings. The summed E-state index contributed by atoms with van der Waals surface area (Å²) in [6, 6.07) is 5.76. The molecule has 0 radical (unpaired) electrons. The Bertz CT molecular complexity index is 662. The molecule has 0 bridgehead atoms. The van der Waals surface area contributed by atoms with Crippen molar-refractivity contribution < 1.29 is 4.79 Å². The number of nitrogens with zero attached hydrogens (tertiary/aromatic N) is 2. The van der Waals surface area contributed by atoms with Crippen LogP contribution < -0.4 is 16.4 Å². The summed E-state index contributed by atoms with van der Waals surface area (Å²) in [6.07, 6.45) is 3.06. The normalized spacial score (nSPS) is 13.2. The van der Waals surface area contributed by atoms with Crippen LogP contribution in [-0.2, 0) is 24.7 Å². The van der Waals surface area contributed by atoms with Crippen LogP contribution in [0.25, 0.3) is 0 Å². The van der Waals surface area contributed by atoms with E-state index in [1.807, 2.05) is 29.9 Å². The fourth-order valence-electron chi connectivity index (χ4n) is 2.42. The van der Waals surface area contributed by atoms with Crippen molar-refractivity contribution in [2.24, 2.45) is 7.05 Å². The number of rotatable bonds is 4. The van der Waals surface area contributed by atoms with Crippen molar-refractivity contribution in [1.29, 1.82) is 0 Å². The van der Waals surface area contributed by atoms with Crippen molar-refractivity contribution in [3.8, 4) is 0 Å². The smallest absolute Gasteiger partial charge is 0.228 e. The van der Waals surface area contributed by atoms with Gasteiger partial charge in [-0.05, 0) is 23.8 Å². The number of hydrogen-bond acceptors (Lipinski definition) is 4. The Morgan fingerprint density at radius 1 is 1.50 bits per heavy atom. The third-order valence-corrected chi connectivity index (χ3v) is 3.52. The van der Waals surface area contributed by atoms with Crippen molar-refractivity contribution in [3.63, 3.8) is 0 Å². The summed E-state index contributed by atoms with van der Waals surface area (Å²) in [5, 5.41) is 10.3. The largest absolute Gasteiger partial charge is 0.397 e. The van der Waals surface area contributed by atoms with Crippen LogP contribution in [-0.4, -0.2) is 22.2 Å². The first kappa shape index (κ1) is 12.5. The number of hydrogen-bond donors (Lipinski definition) is 3. The van der Waals surface area contributed by atoms with E-state index >= 15 is 0 Å². The minimum Gasteiger partial charge on any atom is -0.397 e. The second kappa shape index (κ2) is 4.88. The second-order valence-electron chi connectivity index (χ2n) is 4.94. The molecule has 0 saturated heterocycles. The molecule has 4 N–H and O–H groups in total. The van der Waals surface area contributed by atoms with Crippen LogP contribution in [0.5, 0.6) is 0 Å². The second-order valence-corrected chi connectivity index (χ2v) is 4.94. The first-order valence-corrected chi connectivity index (χ1v) is 6.56. The van der Waals surface area contributed by atoms with E-state index in [1.165, 1.54) is 0 Å². The molecule has 1 aromatic heterocycles. The van der Waals surface area contributed by atoms with E-state index in [4.69, 9.17) is 5.73 Å². The Hall–Kier alpha value is -2.50. The Morgan fingerprint density at radius 2 is 2.35 bits per heavy atom. The molecule has 6 nitrogen and oxygen atoms in total. The van der Waals surface area contributed by atoms with E-state index in [9.17, 15) is 4.79 Å². The monoisotopic (exact) mass is 271 g/mol. The molecule has 0 saturated carbocycles. The average Bonchev–Trinajstić information content (AvgIpc) is 2.95. The Balaban J connectivity index is 1.68. The number of nitrogens with two attached hydrogens (primary N) is 1. The molecule has 1 aromatic carbocycles. The highest BCUT2D eigenvalue weighted by Crippen LogP contribution is 2.31. The van der Waals surface area contributed by atoms with E-state index < -0.39 is 0 Å². The third kappa shape index (κ3) is 2.32. The van der Waals surface area contributed by atoms with Crippen LogP contribution in [0.15, 0.2) is 24.4 Å².